The molecule has 0 fully saturated rings. The van der Waals surface area contributed by atoms with E-state index in [0.717, 1.165) is 5.56 Å². The normalized spacial score (nSPS) is 10.2. The maximum absolute atomic E-state index is 12.2. The number of nitrogens with two attached hydrogens (primary N) is 1. The van der Waals surface area contributed by atoms with Crippen LogP contribution in [0.3, 0.4) is 0 Å². The van der Waals surface area contributed by atoms with E-state index >= 15 is 0 Å². The first-order valence-electron chi connectivity index (χ1n) is 6.09. The molecule has 2 aromatic rings. The first-order chi connectivity index (χ1) is 9.88. The molecule has 0 bridgehead atoms. The molecule has 4 N–H and O–H groups in total. The highest BCUT2D eigenvalue weighted by Crippen LogP contribution is 2.22. The van der Waals surface area contributed by atoms with Crippen molar-refractivity contribution in [1.29, 1.82) is 0 Å². The zero-order valence-electron chi connectivity index (χ0n) is 11.2. The minimum atomic E-state index is -1.16. The lowest BCUT2D eigenvalue weighted by atomic mass is 10.1. The molecule has 0 unspecified atom stereocenters. The minimum absolute atomic E-state index is 0.0771. The lowest BCUT2D eigenvalue weighted by Crippen LogP contribution is -2.14. The molecule has 0 aliphatic heterocycles. The van der Waals surface area contributed by atoms with Crippen LogP contribution in [-0.2, 0) is 0 Å². The van der Waals surface area contributed by atoms with Crippen LogP contribution in [0, 0.1) is 6.92 Å². The number of benzene rings is 2. The van der Waals surface area contributed by atoms with Crippen molar-refractivity contribution in [2.45, 2.75) is 6.92 Å². The number of halogens is 1. The van der Waals surface area contributed by atoms with Gasteiger partial charge in [-0.1, -0.05) is 23.2 Å². The number of anilines is 2. The van der Waals surface area contributed by atoms with Gasteiger partial charge in [0.05, 0.1) is 16.1 Å². The summed E-state index contributed by atoms with van der Waals surface area (Å²) >= 11 is 5.78. The number of amides is 1. The minimum Gasteiger partial charge on any atom is -0.478 e. The van der Waals surface area contributed by atoms with Crippen LogP contribution in [0.2, 0.25) is 5.02 Å². The second-order valence-electron chi connectivity index (χ2n) is 4.54. The number of aryl methyl sites for hydroxylation is 1. The third-order valence-corrected chi connectivity index (χ3v) is 3.24. The highest BCUT2D eigenvalue weighted by molar-refractivity contribution is 6.33. The van der Waals surface area contributed by atoms with E-state index < -0.39 is 11.9 Å². The van der Waals surface area contributed by atoms with Gasteiger partial charge in [0.15, 0.2) is 0 Å². The first kappa shape index (κ1) is 14.9. The average Bonchev–Trinajstić information content (AvgIpc) is 2.43. The molecule has 0 saturated carbocycles. The molecule has 5 nitrogen and oxygen atoms in total. The van der Waals surface area contributed by atoms with Crippen molar-refractivity contribution in [2.75, 3.05) is 11.1 Å². The molecule has 108 valence electrons. The fourth-order valence-electron chi connectivity index (χ4n) is 1.83. The van der Waals surface area contributed by atoms with Crippen molar-refractivity contribution in [3.8, 4) is 0 Å². The predicted octanol–water partition coefficient (Wildman–Crippen LogP) is 3.18. The van der Waals surface area contributed by atoms with Crippen molar-refractivity contribution in [1.82, 2.24) is 0 Å². The van der Waals surface area contributed by atoms with E-state index in [-0.39, 0.29) is 10.6 Å². The Kier molecular flexibility index (Phi) is 4.14. The summed E-state index contributed by atoms with van der Waals surface area (Å²) in [5.41, 5.74) is 7.62. The highest BCUT2D eigenvalue weighted by Gasteiger charge is 2.13. The quantitative estimate of drug-likeness (QED) is 0.759. The molecule has 2 rings (SSSR count). The second-order valence-corrected chi connectivity index (χ2v) is 4.95. The van der Waals surface area contributed by atoms with Gasteiger partial charge in [0.1, 0.15) is 0 Å². The summed E-state index contributed by atoms with van der Waals surface area (Å²) in [7, 11) is 0. The number of nitrogens with one attached hydrogen (secondary N) is 1. The summed E-state index contributed by atoms with van der Waals surface area (Å²) in [6, 6.07) is 9.36. The molecule has 0 heterocycles. The Bertz CT molecular complexity index is 729. The Morgan fingerprint density at radius 2 is 1.86 bits per heavy atom. The van der Waals surface area contributed by atoms with Gasteiger partial charge in [-0.3, -0.25) is 4.79 Å². The summed E-state index contributed by atoms with van der Waals surface area (Å²) in [5, 5.41) is 11.7. The van der Waals surface area contributed by atoms with Crippen molar-refractivity contribution >= 4 is 34.9 Å². The summed E-state index contributed by atoms with van der Waals surface area (Å²) in [6.07, 6.45) is 0. The Hall–Kier alpha value is -2.53. The maximum Gasteiger partial charge on any atom is 0.337 e. The molecular formula is C15H13ClN2O3. The van der Waals surface area contributed by atoms with Crippen LogP contribution >= 0.6 is 11.6 Å². The van der Waals surface area contributed by atoms with Crippen molar-refractivity contribution in [2.24, 2.45) is 0 Å². The van der Waals surface area contributed by atoms with Crippen LogP contribution in [0.25, 0.3) is 0 Å². The molecule has 21 heavy (non-hydrogen) atoms. The second kappa shape index (κ2) is 5.85. The number of carboxylic acid groups (broad SMARTS) is 1. The molecular weight excluding hydrogens is 292 g/mol. The largest absolute Gasteiger partial charge is 0.478 e. The molecule has 0 aliphatic carbocycles. The fourth-order valence-corrected chi connectivity index (χ4v) is 2.03. The van der Waals surface area contributed by atoms with Gasteiger partial charge in [-0.15, -0.1) is 0 Å². The number of nitrogen functional groups attached to an aromatic ring is 1. The standard InChI is InChI=1S/C15H13ClN2O3/c1-8-2-5-13(17)11(6-8)14(19)18-9-3-4-12(16)10(7-9)15(20)21/h2-7H,17H2,1H3,(H,18,19)(H,20,21). The van der Waals surface area contributed by atoms with Gasteiger partial charge in [-0.25, -0.2) is 4.79 Å². The van der Waals surface area contributed by atoms with E-state index in [4.69, 9.17) is 22.4 Å². The van der Waals surface area contributed by atoms with Gasteiger partial charge in [-0.2, -0.15) is 0 Å². The third kappa shape index (κ3) is 3.32. The van der Waals surface area contributed by atoms with E-state index in [1.807, 2.05) is 6.92 Å². The molecule has 0 saturated heterocycles. The van der Waals surface area contributed by atoms with Crippen LogP contribution < -0.4 is 11.1 Å². The summed E-state index contributed by atoms with van der Waals surface area (Å²) in [4.78, 5) is 23.2. The lowest BCUT2D eigenvalue weighted by molar-refractivity contribution is 0.0696. The van der Waals surface area contributed by atoms with E-state index in [1.54, 1.807) is 18.2 Å². The number of hydrogen-bond acceptors (Lipinski definition) is 3. The molecule has 0 aliphatic rings. The number of carbonyl (C=O) groups excluding carboxylic acids is 1. The van der Waals surface area contributed by atoms with E-state index in [1.165, 1.54) is 18.2 Å². The fraction of sp³-hybridized carbons (Fsp3) is 0.0667. The maximum atomic E-state index is 12.2. The van der Waals surface area contributed by atoms with Crippen molar-refractivity contribution in [3.63, 3.8) is 0 Å². The Morgan fingerprint density at radius 1 is 1.14 bits per heavy atom. The van der Waals surface area contributed by atoms with E-state index in [9.17, 15) is 9.59 Å². The van der Waals surface area contributed by atoms with Crippen LogP contribution in [-0.4, -0.2) is 17.0 Å². The van der Waals surface area contributed by atoms with E-state index in [0.29, 0.717) is 16.9 Å². The summed E-state index contributed by atoms with van der Waals surface area (Å²) < 4.78 is 0. The van der Waals surface area contributed by atoms with Crippen LogP contribution in [0.15, 0.2) is 36.4 Å². The number of hydrogen-bond donors (Lipinski definition) is 3. The zero-order chi connectivity index (χ0) is 15.6. The first-order valence-corrected chi connectivity index (χ1v) is 6.46. The third-order valence-electron chi connectivity index (χ3n) is 2.91. The van der Waals surface area contributed by atoms with Gasteiger partial charge < -0.3 is 16.2 Å². The van der Waals surface area contributed by atoms with Crippen LogP contribution in [0.5, 0.6) is 0 Å². The summed E-state index contributed by atoms with van der Waals surface area (Å²) in [5.74, 6) is -1.57. The molecule has 6 heteroatoms. The Labute approximate surface area is 126 Å². The smallest absolute Gasteiger partial charge is 0.337 e. The number of rotatable bonds is 3. The molecule has 0 radical (unpaired) electrons. The molecule has 0 atom stereocenters. The SMILES string of the molecule is Cc1ccc(N)c(C(=O)Nc2ccc(Cl)c(C(=O)O)c2)c1. The van der Waals surface area contributed by atoms with Gasteiger partial charge in [0.2, 0.25) is 0 Å². The van der Waals surface area contributed by atoms with E-state index in [2.05, 4.69) is 5.32 Å². The monoisotopic (exact) mass is 304 g/mol. The van der Waals surface area contributed by atoms with Crippen molar-refractivity contribution in [3.05, 3.63) is 58.1 Å². The molecule has 2 aromatic carbocycles. The molecule has 0 aromatic heterocycles. The van der Waals surface area contributed by atoms with Gasteiger partial charge in [0.25, 0.3) is 5.91 Å². The Balaban J connectivity index is 2.29. The topological polar surface area (TPSA) is 92.4 Å². The van der Waals surface area contributed by atoms with Crippen molar-refractivity contribution < 1.29 is 14.7 Å². The van der Waals surface area contributed by atoms with Crippen LogP contribution in [0.1, 0.15) is 26.3 Å². The number of aromatic carboxylic acids is 1. The average molecular weight is 305 g/mol. The number of carboxylic acids is 1. The predicted molar refractivity (Wildman–Crippen MR) is 82.0 cm³/mol. The lowest BCUT2D eigenvalue weighted by Gasteiger charge is -2.09. The molecule has 0 spiro atoms. The van der Waals surface area contributed by atoms with Gasteiger partial charge in [-0.05, 0) is 37.3 Å². The molecule has 1 amide bonds. The van der Waals surface area contributed by atoms with Crippen LogP contribution in [0.4, 0.5) is 11.4 Å². The van der Waals surface area contributed by atoms with Gasteiger partial charge >= 0.3 is 5.97 Å². The number of carbonyl (C=O) groups is 2. The van der Waals surface area contributed by atoms with Gasteiger partial charge in [0, 0.05) is 11.4 Å². The summed E-state index contributed by atoms with van der Waals surface area (Å²) in [6.45, 7) is 1.85. The highest BCUT2D eigenvalue weighted by atomic mass is 35.5. The Morgan fingerprint density at radius 3 is 2.52 bits per heavy atom. The zero-order valence-corrected chi connectivity index (χ0v) is 11.9.